The highest BCUT2D eigenvalue weighted by Crippen LogP contribution is 2.44. The topological polar surface area (TPSA) is 80.5 Å². The Kier molecular flexibility index (Phi) is 4.58. The minimum Gasteiger partial charge on any atom is -0.491 e. The van der Waals surface area contributed by atoms with Gasteiger partial charge in [-0.05, 0) is 43.5 Å². The number of pyridine rings is 1. The minimum atomic E-state index is -0.722. The van der Waals surface area contributed by atoms with Crippen molar-refractivity contribution in [3.63, 3.8) is 0 Å². The second kappa shape index (κ2) is 7.38. The first kappa shape index (κ1) is 19.9. The van der Waals surface area contributed by atoms with Crippen LogP contribution in [0.5, 0.6) is 5.75 Å². The first-order valence-electron chi connectivity index (χ1n) is 10.4. The number of hydrogen-bond acceptors (Lipinski definition) is 7. The zero-order valence-electron chi connectivity index (χ0n) is 17.5. The van der Waals surface area contributed by atoms with E-state index in [1.807, 2.05) is 61.1 Å². The molecular formula is C23H21ClN4O4. The monoisotopic (exact) mass is 452 g/mol. The summed E-state index contributed by atoms with van der Waals surface area (Å²) >= 11 is 6.24. The fourth-order valence-corrected chi connectivity index (χ4v) is 4.69. The maximum atomic E-state index is 6.40. The molecule has 0 spiro atoms. The Bertz CT molecular complexity index is 1310. The Balaban J connectivity index is 1.28. The van der Waals surface area contributed by atoms with Crippen LogP contribution in [0.4, 0.5) is 0 Å². The van der Waals surface area contributed by atoms with E-state index in [1.165, 1.54) is 6.33 Å². The number of halogens is 1. The summed E-state index contributed by atoms with van der Waals surface area (Å²) in [5.41, 5.74) is 0.686. The van der Waals surface area contributed by atoms with E-state index in [-0.39, 0.29) is 18.3 Å². The van der Waals surface area contributed by atoms with Gasteiger partial charge < -0.3 is 23.5 Å². The van der Waals surface area contributed by atoms with Crippen LogP contribution in [-0.2, 0) is 14.2 Å². The number of fused-ring (bicyclic) bond motifs is 3. The van der Waals surface area contributed by atoms with Crippen molar-refractivity contribution in [3.05, 3.63) is 60.4 Å². The van der Waals surface area contributed by atoms with Crippen molar-refractivity contribution >= 4 is 33.4 Å². The van der Waals surface area contributed by atoms with Gasteiger partial charge in [0.1, 0.15) is 47.8 Å². The van der Waals surface area contributed by atoms with Gasteiger partial charge in [0.15, 0.2) is 12.0 Å². The van der Waals surface area contributed by atoms with Gasteiger partial charge in [0.05, 0.1) is 5.39 Å². The highest BCUT2D eigenvalue weighted by molar-refractivity contribution is 6.33. The van der Waals surface area contributed by atoms with Crippen molar-refractivity contribution in [2.24, 2.45) is 0 Å². The molecule has 0 saturated carbocycles. The lowest BCUT2D eigenvalue weighted by Crippen LogP contribution is -2.33. The molecule has 2 aliphatic heterocycles. The molecule has 0 radical (unpaired) electrons. The minimum absolute atomic E-state index is 0.285. The zero-order chi connectivity index (χ0) is 21.9. The summed E-state index contributed by atoms with van der Waals surface area (Å²) in [4.78, 5) is 12.6. The molecule has 5 heterocycles. The summed E-state index contributed by atoms with van der Waals surface area (Å²) in [6.07, 6.45) is 5.57. The maximum Gasteiger partial charge on any atom is 0.164 e. The van der Waals surface area contributed by atoms with E-state index in [4.69, 9.17) is 30.5 Å². The zero-order valence-corrected chi connectivity index (χ0v) is 18.3. The Morgan fingerprint density at radius 2 is 1.97 bits per heavy atom. The quantitative estimate of drug-likeness (QED) is 0.430. The molecule has 4 aromatic rings. The standard InChI is InChI=1S/C23H21ClN4O4/c1-23(2)31-18-17(11-29-15-4-3-13-5-7-25-10-14(13)9-15)30-22(19(18)32-23)28-8-6-16-20(24)26-12-27-21(16)28/h3-10,12,17-19,22H,11H2,1-2H3/t17-,18-,19-,22-/m1/s1. The van der Waals surface area contributed by atoms with Crippen LogP contribution in [0.3, 0.4) is 0 Å². The predicted octanol–water partition coefficient (Wildman–Crippen LogP) is 4.13. The molecule has 1 aromatic carbocycles. The molecule has 32 heavy (non-hydrogen) atoms. The third-order valence-corrected chi connectivity index (χ3v) is 6.19. The van der Waals surface area contributed by atoms with Crippen LogP contribution in [0.15, 0.2) is 55.2 Å². The van der Waals surface area contributed by atoms with Gasteiger partial charge >= 0.3 is 0 Å². The van der Waals surface area contributed by atoms with E-state index < -0.39 is 12.0 Å². The molecule has 0 aliphatic carbocycles. The van der Waals surface area contributed by atoms with Crippen molar-refractivity contribution in [3.8, 4) is 5.75 Å². The molecule has 8 nitrogen and oxygen atoms in total. The second-order valence-corrected chi connectivity index (χ2v) is 8.81. The third-order valence-electron chi connectivity index (χ3n) is 5.89. The Labute approximate surface area is 189 Å². The van der Waals surface area contributed by atoms with Gasteiger partial charge in [0, 0.05) is 24.0 Å². The summed E-state index contributed by atoms with van der Waals surface area (Å²) in [5.74, 6) is 0.0259. The molecule has 2 aliphatic rings. The van der Waals surface area contributed by atoms with Gasteiger partial charge in [-0.2, -0.15) is 0 Å². The molecule has 2 saturated heterocycles. The molecule has 6 rings (SSSR count). The van der Waals surface area contributed by atoms with Gasteiger partial charge in [-0.25, -0.2) is 9.97 Å². The van der Waals surface area contributed by atoms with E-state index in [2.05, 4.69) is 15.0 Å². The average molecular weight is 453 g/mol. The molecule has 0 bridgehead atoms. The van der Waals surface area contributed by atoms with E-state index >= 15 is 0 Å². The lowest BCUT2D eigenvalue weighted by molar-refractivity contribution is -0.198. The normalized spacial score (nSPS) is 26.6. The van der Waals surface area contributed by atoms with Crippen molar-refractivity contribution in [2.75, 3.05) is 6.61 Å². The van der Waals surface area contributed by atoms with Gasteiger partial charge in [-0.15, -0.1) is 0 Å². The first-order valence-corrected chi connectivity index (χ1v) is 10.8. The number of aromatic nitrogens is 4. The van der Waals surface area contributed by atoms with Gasteiger partial charge in [-0.1, -0.05) is 17.7 Å². The molecule has 0 N–H and O–H groups in total. The molecular weight excluding hydrogens is 432 g/mol. The summed E-state index contributed by atoms with van der Waals surface area (Å²) in [7, 11) is 0. The van der Waals surface area contributed by atoms with Crippen molar-refractivity contribution < 1.29 is 18.9 Å². The van der Waals surface area contributed by atoms with Crippen LogP contribution in [-0.4, -0.2) is 50.2 Å². The molecule has 164 valence electrons. The number of hydrogen-bond donors (Lipinski definition) is 0. The number of ether oxygens (including phenoxy) is 4. The van der Waals surface area contributed by atoms with E-state index in [0.29, 0.717) is 17.4 Å². The number of rotatable bonds is 4. The van der Waals surface area contributed by atoms with Gasteiger partial charge in [0.25, 0.3) is 0 Å². The van der Waals surface area contributed by atoms with Crippen LogP contribution in [0.1, 0.15) is 20.1 Å². The third kappa shape index (κ3) is 3.31. The van der Waals surface area contributed by atoms with E-state index in [1.54, 1.807) is 6.20 Å². The van der Waals surface area contributed by atoms with E-state index in [0.717, 1.165) is 21.9 Å². The van der Waals surface area contributed by atoms with Crippen molar-refractivity contribution in [1.29, 1.82) is 0 Å². The highest BCUT2D eigenvalue weighted by Gasteiger charge is 2.56. The van der Waals surface area contributed by atoms with Crippen molar-refractivity contribution in [2.45, 2.75) is 44.2 Å². The summed E-state index contributed by atoms with van der Waals surface area (Å²) in [6, 6.07) is 9.78. The average Bonchev–Trinajstić information content (AvgIpc) is 3.44. The summed E-state index contributed by atoms with van der Waals surface area (Å²) in [6.45, 7) is 4.13. The van der Waals surface area contributed by atoms with Crippen LogP contribution >= 0.6 is 11.6 Å². The number of nitrogens with zero attached hydrogens (tertiary/aromatic N) is 4. The fraction of sp³-hybridized carbons (Fsp3) is 0.348. The highest BCUT2D eigenvalue weighted by atomic mass is 35.5. The summed E-state index contributed by atoms with van der Waals surface area (Å²) in [5, 5.41) is 3.29. The van der Waals surface area contributed by atoms with Gasteiger partial charge in [-0.3, -0.25) is 4.98 Å². The van der Waals surface area contributed by atoms with Crippen molar-refractivity contribution in [1.82, 2.24) is 19.5 Å². The molecule has 3 aromatic heterocycles. The first-order chi connectivity index (χ1) is 15.5. The largest absolute Gasteiger partial charge is 0.491 e. The molecule has 2 fully saturated rings. The SMILES string of the molecule is CC1(C)O[C@@H]2[C@H](O1)[C@@H](COc1ccc3ccncc3c1)O[C@H]2n1ccc2c(Cl)ncnc21. The van der Waals surface area contributed by atoms with Crippen LogP contribution in [0, 0.1) is 0 Å². The fourth-order valence-electron chi connectivity index (χ4n) is 4.49. The summed E-state index contributed by atoms with van der Waals surface area (Å²) < 4.78 is 26.8. The Hall–Kier alpha value is -2.78. The number of benzene rings is 1. The maximum absolute atomic E-state index is 6.40. The Morgan fingerprint density at radius 3 is 2.88 bits per heavy atom. The molecule has 0 amide bonds. The predicted molar refractivity (Wildman–Crippen MR) is 118 cm³/mol. The molecule has 4 atom stereocenters. The van der Waals surface area contributed by atoms with Crippen LogP contribution < -0.4 is 4.74 Å². The Morgan fingerprint density at radius 1 is 1.09 bits per heavy atom. The molecule has 0 unspecified atom stereocenters. The lowest BCUT2D eigenvalue weighted by atomic mass is 10.1. The smallest absolute Gasteiger partial charge is 0.164 e. The van der Waals surface area contributed by atoms with Gasteiger partial charge in [0.2, 0.25) is 0 Å². The van der Waals surface area contributed by atoms with E-state index in [9.17, 15) is 0 Å². The lowest BCUT2D eigenvalue weighted by Gasteiger charge is -2.25. The second-order valence-electron chi connectivity index (χ2n) is 8.45. The molecule has 9 heteroatoms. The van der Waals surface area contributed by atoms with Crippen LogP contribution in [0.25, 0.3) is 21.8 Å². The van der Waals surface area contributed by atoms with Crippen LogP contribution in [0.2, 0.25) is 5.15 Å².